The number of ether oxygens (including phenoxy) is 1. The van der Waals surface area contributed by atoms with Gasteiger partial charge in [0.15, 0.2) is 0 Å². The lowest BCUT2D eigenvalue weighted by Gasteiger charge is -2.30. The second-order valence-corrected chi connectivity index (χ2v) is 8.23. The van der Waals surface area contributed by atoms with Gasteiger partial charge in [0.25, 0.3) is 0 Å². The summed E-state index contributed by atoms with van der Waals surface area (Å²) >= 11 is 0. The van der Waals surface area contributed by atoms with Crippen LogP contribution in [0.3, 0.4) is 0 Å². The Labute approximate surface area is 154 Å². The molecule has 7 heteroatoms. The molecule has 1 saturated carbocycles. The van der Waals surface area contributed by atoms with Gasteiger partial charge in [-0.05, 0) is 31.6 Å². The number of imide groups is 1. The maximum atomic E-state index is 12.6. The number of nitrogens with one attached hydrogen (secondary N) is 1. The Balaban J connectivity index is 1.30. The fraction of sp³-hybridized carbons (Fsp3) is 0.842. The molecule has 5 atom stereocenters. The van der Waals surface area contributed by atoms with E-state index in [0.717, 1.165) is 25.7 Å². The molecule has 1 aliphatic carbocycles. The zero-order valence-electron chi connectivity index (χ0n) is 15.2. The molecule has 26 heavy (non-hydrogen) atoms. The van der Waals surface area contributed by atoms with E-state index in [0.29, 0.717) is 12.5 Å². The van der Waals surface area contributed by atoms with E-state index in [1.54, 1.807) is 0 Å². The quantitative estimate of drug-likeness (QED) is 0.672. The van der Waals surface area contributed by atoms with Gasteiger partial charge < -0.3 is 15.8 Å². The van der Waals surface area contributed by atoms with Crippen molar-refractivity contribution in [2.45, 2.75) is 69.6 Å². The Kier molecular flexibility index (Phi) is 5.01. The molecule has 0 spiro atoms. The summed E-state index contributed by atoms with van der Waals surface area (Å²) in [5.41, 5.74) is 5.87. The smallest absolute Gasteiger partial charge is 0.235 e. The summed E-state index contributed by atoms with van der Waals surface area (Å²) in [5.74, 6) is -0.611. The number of hydrogen-bond acceptors (Lipinski definition) is 5. The molecule has 2 bridgehead atoms. The van der Waals surface area contributed by atoms with Crippen LogP contribution in [0.1, 0.15) is 51.4 Å². The first-order valence-electron chi connectivity index (χ1n) is 10.1. The summed E-state index contributed by atoms with van der Waals surface area (Å²) in [6.07, 6.45) is 7.53. The molecule has 3 N–H and O–H groups in total. The standard InChI is InChI=1S/C19H29N3O4/c20-10-12(11-4-2-1-3-5-11)21-15(23)8-9-22-18(24)16-13-6-7-14(26-13)17(16)19(22)25/h11-14,16-17H,1-10,20H2,(H,21,23). The highest BCUT2D eigenvalue weighted by Gasteiger charge is 2.62. The third-order valence-electron chi connectivity index (χ3n) is 6.76. The molecule has 5 unspecified atom stereocenters. The number of rotatable bonds is 6. The summed E-state index contributed by atoms with van der Waals surface area (Å²) in [5, 5.41) is 3.03. The van der Waals surface area contributed by atoms with Gasteiger partial charge in [-0.1, -0.05) is 19.3 Å². The SMILES string of the molecule is NCC(NC(=O)CCN1C(=O)C2C3CCC(O3)C2C1=O)C1CCCCC1. The lowest BCUT2D eigenvalue weighted by atomic mass is 9.81. The van der Waals surface area contributed by atoms with Crippen molar-refractivity contribution in [2.75, 3.05) is 13.1 Å². The normalized spacial score (nSPS) is 35.0. The molecule has 0 aromatic heterocycles. The van der Waals surface area contributed by atoms with Crippen LogP contribution in [0, 0.1) is 17.8 Å². The van der Waals surface area contributed by atoms with Crippen molar-refractivity contribution in [2.24, 2.45) is 23.5 Å². The summed E-state index contributed by atoms with van der Waals surface area (Å²) in [6, 6.07) is -0.00333. The molecule has 0 aromatic carbocycles. The molecule has 7 nitrogen and oxygen atoms in total. The van der Waals surface area contributed by atoms with Crippen molar-refractivity contribution in [3.8, 4) is 0 Å². The zero-order chi connectivity index (χ0) is 18.3. The second kappa shape index (κ2) is 7.27. The van der Waals surface area contributed by atoms with Gasteiger partial charge in [0, 0.05) is 25.6 Å². The van der Waals surface area contributed by atoms with Crippen LogP contribution in [0.25, 0.3) is 0 Å². The summed E-state index contributed by atoms with van der Waals surface area (Å²) in [4.78, 5) is 38.9. The maximum Gasteiger partial charge on any atom is 0.235 e. The third-order valence-corrected chi connectivity index (χ3v) is 6.76. The second-order valence-electron chi connectivity index (χ2n) is 8.23. The van der Waals surface area contributed by atoms with Gasteiger partial charge in [0.1, 0.15) is 0 Å². The van der Waals surface area contributed by atoms with Crippen molar-refractivity contribution in [3.05, 3.63) is 0 Å². The van der Waals surface area contributed by atoms with Crippen LogP contribution >= 0.6 is 0 Å². The van der Waals surface area contributed by atoms with Crippen LogP contribution < -0.4 is 11.1 Å². The van der Waals surface area contributed by atoms with Gasteiger partial charge in [-0.25, -0.2) is 0 Å². The fourth-order valence-corrected chi connectivity index (χ4v) is 5.39. The Morgan fingerprint density at radius 3 is 2.27 bits per heavy atom. The lowest BCUT2D eigenvalue weighted by Crippen LogP contribution is -2.47. The number of likely N-dealkylation sites (tertiary alicyclic amines) is 1. The summed E-state index contributed by atoms with van der Waals surface area (Å²) in [7, 11) is 0. The van der Waals surface area contributed by atoms with E-state index in [1.807, 2.05) is 0 Å². The minimum Gasteiger partial charge on any atom is -0.373 e. The van der Waals surface area contributed by atoms with Gasteiger partial charge >= 0.3 is 0 Å². The van der Waals surface area contributed by atoms with E-state index in [-0.39, 0.29) is 60.8 Å². The highest BCUT2D eigenvalue weighted by molar-refractivity contribution is 6.06. The molecule has 4 aliphatic rings. The average Bonchev–Trinajstić information content (AvgIpc) is 3.33. The number of carbonyl (C=O) groups excluding carboxylic acids is 3. The van der Waals surface area contributed by atoms with Gasteiger partial charge in [-0.3, -0.25) is 19.3 Å². The predicted molar refractivity (Wildman–Crippen MR) is 93.8 cm³/mol. The van der Waals surface area contributed by atoms with E-state index in [9.17, 15) is 14.4 Å². The van der Waals surface area contributed by atoms with Crippen molar-refractivity contribution in [1.82, 2.24) is 10.2 Å². The first kappa shape index (κ1) is 17.9. The van der Waals surface area contributed by atoms with Crippen molar-refractivity contribution in [1.29, 1.82) is 0 Å². The number of carbonyl (C=O) groups is 3. The minimum atomic E-state index is -0.316. The largest absolute Gasteiger partial charge is 0.373 e. The minimum absolute atomic E-state index is 0.00333. The average molecular weight is 363 g/mol. The zero-order valence-corrected chi connectivity index (χ0v) is 15.2. The molecule has 0 aromatic rings. The number of nitrogens with two attached hydrogens (primary N) is 1. The molecule has 144 valence electrons. The topological polar surface area (TPSA) is 102 Å². The Hall–Kier alpha value is -1.47. The van der Waals surface area contributed by atoms with Crippen molar-refractivity contribution >= 4 is 17.7 Å². The first-order valence-corrected chi connectivity index (χ1v) is 10.1. The Morgan fingerprint density at radius 1 is 1.08 bits per heavy atom. The Morgan fingerprint density at radius 2 is 1.69 bits per heavy atom. The molecule has 4 rings (SSSR count). The number of fused-ring (bicyclic) bond motifs is 5. The maximum absolute atomic E-state index is 12.6. The summed E-state index contributed by atoms with van der Waals surface area (Å²) in [6.45, 7) is 0.598. The Bertz CT molecular complexity index is 561. The fourth-order valence-electron chi connectivity index (χ4n) is 5.39. The third kappa shape index (κ3) is 3.05. The van der Waals surface area contributed by atoms with Crippen LogP contribution in [0.15, 0.2) is 0 Å². The van der Waals surface area contributed by atoms with E-state index < -0.39 is 0 Å². The van der Waals surface area contributed by atoms with Gasteiger partial charge in [0.2, 0.25) is 17.7 Å². The molecule has 3 saturated heterocycles. The van der Waals surface area contributed by atoms with E-state index >= 15 is 0 Å². The molecular weight excluding hydrogens is 334 g/mol. The highest BCUT2D eigenvalue weighted by Crippen LogP contribution is 2.48. The summed E-state index contributed by atoms with van der Waals surface area (Å²) < 4.78 is 5.73. The van der Waals surface area contributed by atoms with Crippen LogP contribution in [0.4, 0.5) is 0 Å². The molecular formula is C19H29N3O4. The molecule has 3 aliphatic heterocycles. The molecule has 4 fully saturated rings. The molecule has 0 radical (unpaired) electrons. The highest BCUT2D eigenvalue weighted by atomic mass is 16.5. The van der Waals surface area contributed by atoms with Gasteiger partial charge in [-0.15, -0.1) is 0 Å². The van der Waals surface area contributed by atoms with E-state index in [2.05, 4.69) is 5.32 Å². The number of hydrogen-bond donors (Lipinski definition) is 2. The van der Waals surface area contributed by atoms with Gasteiger partial charge in [0.05, 0.1) is 24.0 Å². The number of nitrogens with zero attached hydrogens (tertiary/aromatic N) is 1. The molecule has 3 heterocycles. The van der Waals surface area contributed by atoms with E-state index in [4.69, 9.17) is 10.5 Å². The van der Waals surface area contributed by atoms with Crippen molar-refractivity contribution < 1.29 is 19.1 Å². The van der Waals surface area contributed by atoms with Crippen LogP contribution in [-0.4, -0.2) is 54.0 Å². The van der Waals surface area contributed by atoms with Crippen LogP contribution in [0.2, 0.25) is 0 Å². The first-order chi connectivity index (χ1) is 12.6. The predicted octanol–water partition coefficient (Wildman–Crippen LogP) is 0.563. The lowest BCUT2D eigenvalue weighted by molar-refractivity contribution is -0.142. The molecule has 3 amide bonds. The van der Waals surface area contributed by atoms with E-state index in [1.165, 1.54) is 24.2 Å². The van der Waals surface area contributed by atoms with Crippen molar-refractivity contribution in [3.63, 3.8) is 0 Å². The van der Waals surface area contributed by atoms with Crippen LogP contribution in [0.5, 0.6) is 0 Å². The number of amides is 3. The van der Waals surface area contributed by atoms with Gasteiger partial charge in [-0.2, -0.15) is 0 Å². The van der Waals surface area contributed by atoms with Crippen LogP contribution in [-0.2, 0) is 19.1 Å². The monoisotopic (exact) mass is 363 g/mol.